The molecule has 0 aliphatic rings. The van der Waals surface area contributed by atoms with Crippen LogP contribution in [0, 0.1) is 6.92 Å². The average molecular weight is 199 g/mol. The highest BCUT2D eigenvalue weighted by atomic mass is 32.1. The van der Waals surface area contributed by atoms with Crippen molar-refractivity contribution in [2.45, 2.75) is 13.5 Å². The van der Waals surface area contributed by atoms with E-state index in [0.29, 0.717) is 12.5 Å². The molecule has 13 heavy (non-hydrogen) atoms. The summed E-state index contributed by atoms with van der Waals surface area (Å²) in [7, 11) is 1.66. The first kappa shape index (κ1) is 9.94. The Labute approximate surface area is 81.1 Å². The molecule has 0 saturated heterocycles. The van der Waals surface area contributed by atoms with Crippen molar-refractivity contribution in [3.8, 4) is 0 Å². The fraction of sp³-hybridized carbons (Fsp3) is 0.429. The number of nitrogens with two attached hydrogens (primary N) is 1. The van der Waals surface area contributed by atoms with Gasteiger partial charge in [0.15, 0.2) is 0 Å². The number of aromatic nitrogens is 1. The molecule has 0 aliphatic carbocycles. The molecule has 0 aromatic carbocycles. The van der Waals surface area contributed by atoms with Gasteiger partial charge in [-0.25, -0.2) is 10.8 Å². The van der Waals surface area contributed by atoms with Gasteiger partial charge in [0.25, 0.3) is 0 Å². The van der Waals surface area contributed by atoms with Crippen molar-refractivity contribution >= 4 is 17.3 Å². The molecule has 4 N–H and O–H groups in total. The van der Waals surface area contributed by atoms with Crippen LogP contribution in [0.15, 0.2) is 10.4 Å². The Morgan fingerprint density at radius 3 is 3.00 bits per heavy atom. The molecule has 0 amide bonds. The maximum atomic E-state index is 5.19. The second-order valence-electron chi connectivity index (χ2n) is 2.45. The maximum Gasteiger partial charge on any atom is 0.205 e. The molecule has 1 heterocycles. The largest absolute Gasteiger partial charge is 0.349 e. The highest BCUT2D eigenvalue weighted by Gasteiger charge is 1.99. The van der Waals surface area contributed by atoms with Crippen LogP contribution in [0.2, 0.25) is 0 Å². The Hall–Kier alpha value is -1.14. The van der Waals surface area contributed by atoms with Crippen LogP contribution in [0.25, 0.3) is 0 Å². The molecule has 5 nitrogen and oxygen atoms in total. The number of rotatable bonds is 2. The lowest BCUT2D eigenvalue weighted by atomic mass is 10.6. The topological polar surface area (TPSA) is 75.3 Å². The minimum absolute atomic E-state index is 0.563. The van der Waals surface area contributed by atoms with Gasteiger partial charge in [-0.05, 0) is 6.92 Å². The molecular formula is C7H13N5S. The summed E-state index contributed by atoms with van der Waals surface area (Å²) in [5.74, 6) is 5.76. The number of aryl methyl sites for hydroxylation is 1. The molecule has 72 valence electrons. The van der Waals surface area contributed by atoms with Gasteiger partial charge in [0.1, 0.15) is 5.01 Å². The molecule has 0 atom stereocenters. The van der Waals surface area contributed by atoms with E-state index in [-0.39, 0.29) is 0 Å². The van der Waals surface area contributed by atoms with E-state index in [2.05, 4.69) is 20.7 Å². The van der Waals surface area contributed by atoms with E-state index in [0.717, 1.165) is 10.7 Å². The second kappa shape index (κ2) is 4.78. The summed E-state index contributed by atoms with van der Waals surface area (Å²) < 4.78 is 0. The second-order valence-corrected chi connectivity index (χ2v) is 3.40. The molecule has 1 aromatic rings. The molecule has 1 rings (SSSR count). The summed E-state index contributed by atoms with van der Waals surface area (Å²) in [5, 5.41) is 6.04. The van der Waals surface area contributed by atoms with Gasteiger partial charge in [0.05, 0.1) is 6.54 Å². The van der Waals surface area contributed by atoms with E-state index in [1.165, 1.54) is 0 Å². The Morgan fingerprint density at radius 2 is 2.54 bits per heavy atom. The average Bonchev–Trinajstić information content (AvgIpc) is 2.53. The molecule has 1 aromatic heterocycles. The summed E-state index contributed by atoms with van der Waals surface area (Å²) in [6, 6.07) is 0. The van der Waals surface area contributed by atoms with Crippen molar-refractivity contribution in [3.05, 3.63) is 16.1 Å². The summed E-state index contributed by atoms with van der Waals surface area (Å²) in [4.78, 5) is 8.16. The fourth-order valence-corrected chi connectivity index (χ4v) is 1.55. The number of nitrogens with one attached hydrogen (secondary N) is 2. The molecule has 0 saturated carbocycles. The summed E-state index contributed by atoms with van der Waals surface area (Å²) in [5.41, 5.74) is 3.48. The van der Waals surface area contributed by atoms with E-state index < -0.39 is 0 Å². The third-order valence-electron chi connectivity index (χ3n) is 1.43. The lowest BCUT2D eigenvalue weighted by molar-refractivity contribution is 0.831. The number of thiazole rings is 1. The molecule has 0 bridgehead atoms. The van der Waals surface area contributed by atoms with Crippen molar-refractivity contribution in [2.75, 3.05) is 7.05 Å². The first-order valence-corrected chi connectivity index (χ1v) is 4.72. The Morgan fingerprint density at radius 1 is 1.77 bits per heavy atom. The van der Waals surface area contributed by atoms with E-state index in [1.807, 2.05) is 12.3 Å². The summed E-state index contributed by atoms with van der Waals surface area (Å²) in [6.45, 7) is 2.62. The fourth-order valence-electron chi connectivity index (χ4n) is 0.838. The van der Waals surface area contributed by atoms with Crippen LogP contribution in [0.1, 0.15) is 10.7 Å². The van der Waals surface area contributed by atoms with Crippen LogP contribution in [0.3, 0.4) is 0 Å². The minimum Gasteiger partial charge on any atom is -0.349 e. The van der Waals surface area contributed by atoms with Gasteiger partial charge in [-0.3, -0.25) is 10.4 Å². The minimum atomic E-state index is 0.563. The standard InChI is InChI=1S/C7H13N5S/c1-5-4-13-6(11-5)3-10-7(9-2)12-8/h4H,3,8H2,1-2H3,(H2,9,10,12). The van der Waals surface area contributed by atoms with Crippen molar-refractivity contribution in [1.29, 1.82) is 0 Å². The highest BCUT2D eigenvalue weighted by Crippen LogP contribution is 2.07. The number of hydrogen-bond acceptors (Lipinski definition) is 4. The smallest absolute Gasteiger partial charge is 0.205 e. The monoisotopic (exact) mass is 199 g/mol. The van der Waals surface area contributed by atoms with E-state index in [9.17, 15) is 0 Å². The van der Waals surface area contributed by atoms with Gasteiger partial charge in [-0.1, -0.05) is 0 Å². The molecule has 0 fully saturated rings. The summed E-state index contributed by atoms with van der Waals surface area (Å²) >= 11 is 1.62. The van der Waals surface area contributed by atoms with Crippen molar-refractivity contribution in [2.24, 2.45) is 10.8 Å². The summed E-state index contributed by atoms with van der Waals surface area (Å²) in [6.07, 6.45) is 0. The number of nitrogens with zero attached hydrogens (tertiary/aromatic N) is 2. The van der Waals surface area contributed by atoms with Crippen LogP contribution in [0.4, 0.5) is 0 Å². The zero-order chi connectivity index (χ0) is 9.68. The van der Waals surface area contributed by atoms with Crippen molar-refractivity contribution < 1.29 is 0 Å². The molecule has 0 aliphatic heterocycles. The SMILES string of the molecule is CN=C(NN)NCc1nc(C)cs1. The number of hydrazine groups is 1. The van der Waals surface area contributed by atoms with Gasteiger partial charge in [0, 0.05) is 18.1 Å². The normalized spacial score (nSPS) is 11.5. The van der Waals surface area contributed by atoms with Gasteiger partial charge in [-0.15, -0.1) is 11.3 Å². The van der Waals surface area contributed by atoms with Crippen LogP contribution >= 0.6 is 11.3 Å². The lowest BCUT2D eigenvalue weighted by Crippen LogP contribution is -2.40. The maximum absolute atomic E-state index is 5.19. The van der Waals surface area contributed by atoms with Crippen molar-refractivity contribution in [1.82, 2.24) is 15.7 Å². The number of aliphatic imine (C=N–C) groups is 1. The van der Waals surface area contributed by atoms with Crippen LogP contribution in [0.5, 0.6) is 0 Å². The number of hydrogen-bond donors (Lipinski definition) is 3. The third kappa shape index (κ3) is 3.00. The zero-order valence-electron chi connectivity index (χ0n) is 7.66. The zero-order valence-corrected chi connectivity index (χ0v) is 8.48. The molecule has 0 unspecified atom stereocenters. The predicted octanol–water partition coefficient (Wildman–Crippen LogP) is -0.00978. The molecule has 6 heteroatoms. The molecule has 0 radical (unpaired) electrons. The first-order valence-electron chi connectivity index (χ1n) is 3.84. The molecular weight excluding hydrogens is 186 g/mol. The van der Waals surface area contributed by atoms with Crippen LogP contribution < -0.4 is 16.6 Å². The predicted molar refractivity (Wildman–Crippen MR) is 54.4 cm³/mol. The lowest BCUT2D eigenvalue weighted by Gasteiger charge is -2.05. The van der Waals surface area contributed by atoms with Gasteiger partial charge in [0.2, 0.25) is 5.96 Å². The Kier molecular flexibility index (Phi) is 3.66. The van der Waals surface area contributed by atoms with E-state index in [4.69, 9.17) is 5.84 Å². The van der Waals surface area contributed by atoms with Gasteiger partial charge in [-0.2, -0.15) is 0 Å². The van der Waals surface area contributed by atoms with Gasteiger partial charge < -0.3 is 5.32 Å². The van der Waals surface area contributed by atoms with E-state index >= 15 is 0 Å². The van der Waals surface area contributed by atoms with Crippen LogP contribution in [-0.2, 0) is 6.54 Å². The van der Waals surface area contributed by atoms with Crippen LogP contribution in [-0.4, -0.2) is 18.0 Å². The Bertz CT molecular complexity index is 293. The van der Waals surface area contributed by atoms with E-state index in [1.54, 1.807) is 18.4 Å². The Balaban J connectivity index is 2.43. The quantitative estimate of drug-likeness (QED) is 0.271. The molecule has 0 spiro atoms. The third-order valence-corrected chi connectivity index (χ3v) is 2.40. The first-order chi connectivity index (χ1) is 6.26. The number of guanidine groups is 1. The van der Waals surface area contributed by atoms with Gasteiger partial charge >= 0.3 is 0 Å². The van der Waals surface area contributed by atoms with Crippen molar-refractivity contribution in [3.63, 3.8) is 0 Å². The highest BCUT2D eigenvalue weighted by molar-refractivity contribution is 7.09.